The number of benzene rings is 3. The topological polar surface area (TPSA) is 245 Å². The highest BCUT2D eigenvalue weighted by atomic mass is 31.2. The van der Waals surface area contributed by atoms with Crippen molar-refractivity contribution in [1.82, 2.24) is 30.1 Å². The van der Waals surface area contributed by atoms with E-state index < -0.39 is 33.9 Å². The summed E-state index contributed by atoms with van der Waals surface area (Å²) in [6.45, 7) is 4.34. The molecule has 0 bridgehead atoms. The van der Waals surface area contributed by atoms with Crippen molar-refractivity contribution >= 4 is 44.4 Å². The molecule has 0 radical (unpaired) electrons. The summed E-state index contributed by atoms with van der Waals surface area (Å²) in [4.78, 5) is 91.0. The maximum atomic E-state index is 13.5. The van der Waals surface area contributed by atoms with E-state index in [0.29, 0.717) is 13.1 Å². The van der Waals surface area contributed by atoms with E-state index in [9.17, 15) is 14.4 Å². The van der Waals surface area contributed by atoms with Crippen molar-refractivity contribution in [3.05, 3.63) is 114 Å². The Hall–Kier alpha value is -4.54. The number of para-hydroxylation sites is 1. The van der Waals surface area contributed by atoms with E-state index in [0.717, 1.165) is 22.0 Å². The van der Waals surface area contributed by atoms with Gasteiger partial charge in [-0.05, 0) is 31.0 Å². The van der Waals surface area contributed by atoms with Crippen LogP contribution in [0.15, 0.2) is 103 Å². The van der Waals surface area contributed by atoms with E-state index in [-0.39, 0.29) is 24.4 Å². The van der Waals surface area contributed by atoms with Gasteiger partial charge in [-0.1, -0.05) is 91.0 Å². The molecule has 2 fully saturated rings. The van der Waals surface area contributed by atoms with E-state index in [2.05, 4.69) is 10.3 Å². The number of hydrazine groups is 1. The van der Waals surface area contributed by atoms with Gasteiger partial charge in [0.05, 0.1) is 18.1 Å². The smallest absolute Gasteiger partial charge is 0.333 e. The Kier molecular flexibility index (Phi) is 15.1. The lowest BCUT2D eigenvalue weighted by atomic mass is 10.00. The molecule has 52 heavy (non-hydrogen) atoms. The molecule has 2 saturated heterocycles. The number of phosphoric acid groups is 2. The van der Waals surface area contributed by atoms with Gasteiger partial charge in [0.2, 0.25) is 11.8 Å². The molecule has 2 aliphatic rings. The summed E-state index contributed by atoms with van der Waals surface area (Å²) >= 11 is 0. The largest absolute Gasteiger partial charge is 0.466 e. The minimum atomic E-state index is -4.64. The predicted octanol–water partition coefficient (Wildman–Crippen LogP) is 2.41. The predicted molar refractivity (Wildman–Crippen MR) is 190 cm³/mol. The molecule has 19 heteroatoms. The third-order valence-corrected chi connectivity index (χ3v) is 7.75. The quantitative estimate of drug-likeness (QED) is 0.148. The number of rotatable bonds is 4. The number of urea groups is 1. The molecule has 1 aromatic heterocycles. The molecular formula is C33H42N6O11P2. The molecule has 280 valence electrons. The molecule has 0 saturated carbocycles. The summed E-state index contributed by atoms with van der Waals surface area (Å²) in [5, 5.41) is 7.19. The number of aromatic nitrogens is 1. The van der Waals surface area contributed by atoms with Crippen LogP contribution in [0.3, 0.4) is 0 Å². The average Bonchev–Trinajstić information content (AvgIpc) is 3.08. The molecule has 3 atom stereocenters. The summed E-state index contributed by atoms with van der Waals surface area (Å²) in [7, 11) is -7.55. The number of nitrogens with one attached hydrogen (secondary N) is 1. The summed E-state index contributed by atoms with van der Waals surface area (Å²) in [5.74, 6) is -0.317. The lowest BCUT2D eigenvalue weighted by Crippen LogP contribution is -2.77. The third kappa shape index (κ3) is 12.9. The molecule has 3 aromatic carbocycles. The Labute approximate surface area is 300 Å². The van der Waals surface area contributed by atoms with Crippen molar-refractivity contribution in [1.29, 1.82) is 0 Å². The first-order valence-corrected chi connectivity index (χ1v) is 18.8. The van der Waals surface area contributed by atoms with Crippen LogP contribution in [0.2, 0.25) is 0 Å². The molecule has 0 spiro atoms. The number of pyridine rings is 1. The van der Waals surface area contributed by atoms with E-state index >= 15 is 0 Å². The maximum absolute atomic E-state index is 13.5. The van der Waals surface area contributed by atoms with Crippen molar-refractivity contribution < 1.29 is 52.9 Å². The van der Waals surface area contributed by atoms with Crippen molar-refractivity contribution in [2.45, 2.75) is 45.2 Å². The number of hydrogen-bond donors (Lipinski definition) is 7. The van der Waals surface area contributed by atoms with Crippen LogP contribution >= 0.6 is 15.6 Å². The first-order chi connectivity index (χ1) is 24.4. The second kappa shape index (κ2) is 18.8. The number of carbonyl (C=O) groups is 3. The van der Waals surface area contributed by atoms with Gasteiger partial charge >= 0.3 is 21.7 Å². The fourth-order valence-electron chi connectivity index (χ4n) is 5.64. The zero-order valence-corrected chi connectivity index (χ0v) is 30.3. The fourth-order valence-corrected chi connectivity index (χ4v) is 5.64. The first-order valence-electron chi connectivity index (χ1n) is 15.7. The number of likely N-dealkylation sites (N-methyl/N-ethyl adjacent to an activating group) is 1. The van der Waals surface area contributed by atoms with E-state index in [4.69, 9.17) is 38.5 Å². The maximum Gasteiger partial charge on any atom is 0.466 e. The van der Waals surface area contributed by atoms with Gasteiger partial charge in [-0.25, -0.2) is 23.9 Å². The molecule has 6 rings (SSSR count). The van der Waals surface area contributed by atoms with Crippen molar-refractivity contribution in [3.63, 3.8) is 0 Å². The molecule has 1 unspecified atom stereocenters. The molecular weight excluding hydrogens is 718 g/mol. The minimum absolute atomic E-state index is 0.0207. The fraction of sp³-hybridized carbons (Fsp3) is 0.273. The third-order valence-electron chi connectivity index (χ3n) is 7.75. The zero-order chi connectivity index (χ0) is 38.6. The van der Waals surface area contributed by atoms with Crippen LogP contribution in [0.4, 0.5) is 4.79 Å². The van der Waals surface area contributed by atoms with Crippen LogP contribution in [0, 0.1) is 0 Å². The number of amides is 4. The minimum Gasteiger partial charge on any atom is -0.333 e. The van der Waals surface area contributed by atoms with Crippen LogP contribution in [0.25, 0.3) is 10.9 Å². The van der Waals surface area contributed by atoms with Gasteiger partial charge in [-0.15, -0.1) is 0 Å². The van der Waals surface area contributed by atoms with Crippen molar-refractivity contribution in [3.8, 4) is 0 Å². The van der Waals surface area contributed by atoms with Gasteiger partial charge in [0.15, 0.2) is 0 Å². The Bertz CT molecular complexity index is 1810. The lowest BCUT2D eigenvalue weighted by molar-refractivity contribution is -0.194. The first kappa shape index (κ1) is 41.9. The Morgan fingerprint density at radius 1 is 0.808 bits per heavy atom. The summed E-state index contributed by atoms with van der Waals surface area (Å²) < 4.78 is 17.8. The van der Waals surface area contributed by atoms with Gasteiger partial charge in [0.25, 0.3) is 0 Å². The standard InChI is InChI=1S/C27H30N6O3.C6H6.2H3O4P/c1-18-25-32(23(34)17-30(3)33(25)27(36)29-15-20-9-5-4-6-10-20)19(2)26(35)31(18)16-22-12-7-11-21-13-8-14-28-24(21)22;1-2-4-6-5-3-1;2*1-5(2,3)4/h4-14,18-19,25H,15-17H2,1-3H3,(H,29,36);1-6H;2*(H3,1,2,3,4)/t18-,19-,25?;;;/m0.../s1. The number of carbonyl (C=O) groups excluding carboxylic acids is 3. The monoisotopic (exact) mass is 760 g/mol. The van der Waals surface area contributed by atoms with Crippen LogP contribution < -0.4 is 5.32 Å². The van der Waals surface area contributed by atoms with E-state index in [1.54, 1.807) is 40.0 Å². The van der Waals surface area contributed by atoms with Crippen LogP contribution in [-0.4, -0.2) is 104 Å². The van der Waals surface area contributed by atoms with Crippen molar-refractivity contribution in [2.24, 2.45) is 0 Å². The van der Waals surface area contributed by atoms with Gasteiger partial charge in [0.1, 0.15) is 12.2 Å². The Morgan fingerprint density at radius 3 is 1.88 bits per heavy atom. The van der Waals surface area contributed by atoms with Gasteiger partial charge in [0, 0.05) is 31.7 Å². The number of hydrogen-bond acceptors (Lipinski definition) is 7. The summed E-state index contributed by atoms with van der Waals surface area (Å²) in [6.07, 6.45) is 1.10. The second-order valence-corrected chi connectivity index (χ2v) is 13.6. The number of nitrogens with zero attached hydrogens (tertiary/aromatic N) is 5. The highest BCUT2D eigenvalue weighted by molar-refractivity contribution is 7.45. The van der Waals surface area contributed by atoms with Gasteiger partial charge < -0.3 is 44.5 Å². The van der Waals surface area contributed by atoms with E-state index in [1.807, 2.05) is 104 Å². The SMILES string of the molecule is C[C@H]1C2N(C(=O)CN(C)N2C(=O)NCc2ccccc2)[C@@H](C)C(=O)N1Cc1cccc2cccnc12.O=P(O)(O)O.O=P(O)(O)O.c1ccccc1. The number of fused-ring (bicyclic) bond motifs is 2. The molecule has 0 aliphatic carbocycles. The molecule has 4 aromatic rings. The average molecular weight is 761 g/mol. The Balaban J connectivity index is 0.000000378. The van der Waals surface area contributed by atoms with E-state index in [1.165, 1.54) is 0 Å². The van der Waals surface area contributed by atoms with Crippen molar-refractivity contribution in [2.75, 3.05) is 13.6 Å². The second-order valence-electron chi connectivity index (χ2n) is 11.6. The molecule has 2 aliphatic heterocycles. The van der Waals surface area contributed by atoms with Gasteiger partial charge in [-0.3, -0.25) is 14.6 Å². The Morgan fingerprint density at radius 2 is 1.33 bits per heavy atom. The lowest BCUT2D eigenvalue weighted by Gasteiger charge is -2.56. The summed E-state index contributed by atoms with van der Waals surface area (Å²) in [5.41, 5.74) is 2.73. The normalized spacial score (nSPS) is 18.9. The highest BCUT2D eigenvalue weighted by Crippen LogP contribution is 2.32. The van der Waals surface area contributed by atoms with Crippen LogP contribution in [0.5, 0.6) is 0 Å². The highest BCUT2D eigenvalue weighted by Gasteiger charge is 2.52. The van der Waals surface area contributed by atoms with Crippen LogP contribution in [0.1, 0.15) is 25.0 Å². The summed E-state index contributed by atoms with van der Waals surface area (Å²) in [6, 6.07) is 30.0. The van der Waals surface area contributed by atoms with Gasteiger partial charge in [-0.2, -0.15) is 0 Å². The molecule has 7 N–H and O–H groups in total. The molecule has 17 nitrogen and oxygen atoms in total. The van der Waals surface area contributed by atoms with Crippen LogP contribution in [-0.2, 0) is 31.8 Å². The number of piperazine rings is 1. The zero-order valence-electron chi connectivity index (χ0n) is 28.5. The molecule has 3 heterocycles. The molecule has 4 amide bonds.